The molecule has 0 amide bonds. The predicted molar refractivity (Wildman–Crippen MR) is 77.7 cm³/mol. The normalized spacial score (nSPS) is 10.9. The lowest BCUT2D eigenvalue weighted by Gasteiger charge is -2.07. The standard InChI is InChI=1S/C13H11ClN4O2/c1-20-8-4-2-3-7(5-8)18-9-6-10(14)16-12(15)11(9)13(19)17-18/h2-6H,1H3,(H2,15,16)(H,17,19). The summed E-state index contributed by atoms with van der Waals surface area (Å²) in [5, 5.41) is 3.26. The minimum absolute atomic E-state index is 0.107. The second-order valence-electron chi connectivity index (χ2n) is 4.20. The van der Waals surface area contributed by atoms with Crippen LogP contribution in [0.3, 0.4) is 0 Å². The molecule has 3 N–H and O–H groups in total. The largest absolute Gasteiger partial charge is 0.497 e. The third kappa shape index (κ3) is 1.90. The number of ether oxygens (including phenoxy) is 1. The second kappa shape index (κ2) is 4.57. The van der Waals surface area contributed by atoms with E-state index in [0.717, 1.165) is 5.69 Å². The Morgan fingerprint density at radius 1 is 1.40 bits per heavy atom. The molecule has 0 aliphatic rings. The first-order chi connectivity index (χ1) is 9.60. The number of aromatic amines is 1. The highest BCUT2D eigenvalue weighted by Crippen LogP contribution is 2.23. The van der Waals surface area contributed by atoms with E-state index in [4.69, 9.17) is 22.1 Å². The van der Waals surface area contributed by atoms with Crippen molar-refractivity contribution in [3.63, 3.8) is 0 Å². The Labute approximate surface area is 118 Å². The highest BCUT2D eigenvalue weighted by molar-refractivity contribution is 6.30. The molecule has 3 aromatic rings. The number of nitrogen functional groups attached to an aromatic ring is 1. The molecule has 102 valence electrons. The smallest absolute Gasteiger partial charge is 0.276 e. The molecule has 0 aliphatic carbocycles. The van der Waals surface area contributed by atoms with Crippen molar-refractivity contribution in [1.29, 1.82) is 0 Å². The van der Waals surface area contributed by atoms with Crippen LogP contribution in [0, 0.1) is 0 Å². The fourth-order valence-electron chi connectivity index (χ4n) is 2.10. The number of nitrogens with zero attached hydrogens (tertiary/aromatic N) is 2. The molecule has 0 spiro atoms. The van der Waals surface area contributed by atoms with Crippen molar-refractivity contribution in [3.8, 4) is 11.4 Å². The fourth-order valence-corrected chi connectivity index (χ4v) is 2.29. The van der Waals surface area contributed by atoms with Gasteiger partial charge in [-0.25, -0.2) is 4.98 Å². The number of nitrogens with one attached hydrogen (secondary N) is 1. The van der Waals surface area contributed by atoms with Crippen LogP contribution in [-0.2, 0) is 0 Å². The van der Waals surface area contributed by atoms with E-state index in [1.165, 1.54) is 0 Å². The van der Waals surface area contributed by atoms with Crippen LogP contribution in [0.5, 0.6) is 5.75 Å². The number of hydrogen-bond donors (Lipinski definition) is 2. The predicted octanol–water partition coefficient (Wildman–Crippen LogP) is 1.96. The molecule has 1 aromatic carbocycles. The zero-order chi connectivity index (χ0) is 14.3. The number of aromatic nitrogens is 3. The van der Waals surface area contributed by atoms with Gasteiger partial charge in [-0.15, -0.1) is 0 Å². The average molecular weight is 291 g/mol. The van der Waals surface area contributed by atoms with E-state index in [-0.39, 0.29) is 16.5 Å². The number of rotatable bonds is 2. The highest BCUT2D eigenvalue weighted by atomic mass is 35.5. The summed E-state index contributed by atoms with van der Waals surface area (Å²) in [5.41, 5.74) is 6.74. The van der Waals surface area contributed by atoms with Crippen LogP contribution in [-0.4, -0.2) is 21.9 Å². The first-order valence-electron chi connectivity index (χ1n) is 5.81. The molecule has 7 heteroatoms. The lowest BCUT2D eigenvalue weighted by molar-refractivity contribution is 0.414. The fraction of sp³-hybridized carbons (Fsp3) is 0.0769. The quantitative estimate of drug-likeness (QED) is 0.706. The molecule has 0 atom stereocenters. The summed E-state index contributed by atoms with van der Waals surface area (Å²) in [7, 11) is 1.58. The number of nitrogens with two attached hydrogens (primary N) is 1. The van der Waals surface area contributed by atoms with Crippen LogP contribution in [0.1, 0.15) is 0 Å². The van der Waals surface area contributed by atoms with Crippen molar-refractivity contribution in [2.75, 3.05) is 12.8 Å². The van der Waals surface area contributed by atoms with Crippen molar-refractivity contribution < 1.29 is 4.74 Å². The van der Waals surface area contributed by atoms with Gasteiger partial charge in [0.2, 0.25) is 0 Å². The van der Waals surface area contributed by atoms with Crippen LogP contribution >= 0.6 is 11.6 Å². The van der Waals surface area contributed by atoms with Crippen LogP contribution in [0.25, 0.3) is 16.6 Å². The zero-order valence-corrected chi connectivity index (χ0v) is 11.3. The maximum atomic E-state index is 12.0. The number of methoxy groups -OCH3 is 1. The van der Waals surface area contributed by atoms with Crippen LogP contribution in [0.2, 0.25) is 5.15 Å². The minimum Gasteiger partial charge on any atom is -0.497 e. The van der Waals surface area contributed by atoms with Gasteiger partial charge < -0.3 is 10.5 Å². The van der Waals surface area contributed by atoms with E-state index in [2.05, 4.69) is 10.1 Å². The minimum atomic E-state index is -0.315. The number of anilines is 1. The van der Waals surface area contributed by atoms with Crippen LogP contribution in [0.4, 0.5) is 5.82 Å². The van der Waals surface area contributed by atoms with E-state index in [1.54, 1.807) is 23.9 Å². The number of H-pyrrole nitrogens is 1. The summed E-state index contributed by atoms with van der Waals surface area (Å²) >= 11 is 5.91. The summed E-state index contributed by atoms with van der Waals surface area (Å²) in [5.74, 6) is 0.786. The Hall–Kier alpha value is -2.47. The molecule has 2 aromatic heterocycles. The van der Waals surface area contributed by atoms with Gasteiger partial charge in [0.25, 0.3) is 5.56 Å². The van der Waals surface area contributed by atoms with Gasteiger partial charge in [-0.1, -0.05) is 17.7 Å². The van der Waals surface area contributed by atoms with Gasteiger partial charge in [0.05, 0.1) is 18.3 Å². The number of benzene rings is 1. The molecule has 0 bridgehead atoms. The van der Waals surface area contributed by atoms with Gasteiger partial charge in [-0.2, -0.15) is 0 Å². The van der Waals surface area contributed by atoms with Crippen molar-refractivity contribution >= 4 is 28.3 Å². The Morgan fingerprint density at radius 2 is 2.20 bits per heavy atom. The van der Waals surface area contributed by atoms with Gasteiger partial charge in [0, 0.05) is 12.1 Å². The van der Waals surface area contributed by atoms with Crippen molar-refractivity contribution in [2.24, 2.45) is 0 Å². The summed E-state index contributed by atoms with van der Waals surface area (Å²) in [6, 6.07) is 8.85. The van der Waals surface area contributed by atoms with Gasteiger partial charge in [0.15, 0.2) is 0 Å². The molecule has 0 unspecified atom stereocenters. The van der Waals surface area contributed by atoms with E-state index in [1.807, 2.05) is 18.2 Å². The monoisotopic (exact) mass is 290 g/mol. The maximum Gasteiger partial charge on any atom is 0.276 e. The van der Waals surface area contributed by atoms with E-state index < -0.39 is 0 Å². The first-order valence-corrected chi connectivity index (χ1v) is 6.19. The Balaban J connectivity index is 2.34. The number of halogens is 1. The third-order valence-corrected chi connectivity index (χ3v) is 3.18. The molecule has 20 heavy (non-hydrogen) atoms. The Bertz CT molecular complexity index is 853. The zero-order valence-electron chi connectivity index (χ0n) is 10.6. The highest BCUT2D eigenvalue weighted by Gasteiger charge is 2.13. The van der Waals surface area contributed by atoms with E-state index in [0.29, 0.717) is 16.7 Å². The second-order valence-corrected chi connectivity index (χ2v) is 4.59. The van der Waals surface area contributed by atoms with E-state index in [9.17, 15) is 4.79 Å². The molecule has 2 heterocycles. The lowest BCUT2D eigenvalue weighted by atomic mass is 10.2. The van der Waals surface area contributed by atoms with E-state index >= 15 is 0 Å². The van der Waals surface area contributed by atoms with Crippen molar-refractivity contribution in [1.82, 2.24) is 14.8 Å². The van der Waals surface area contributed by atoms with Crippen molar-refractivity contribution in [2.45, 2.75) is 0 Å². The molecular formula is C13H11ClN4O2. The Kier molecular flexibility index (Phi) is 2.87. The molecule has 0 fully saturated rings. The van der Waals surface area contributed by atoms with Gasteiger partial charge in [-0.05, 0) is 12.1 Å². The summed E-state index contributed by atoms with van der Waals surface area (Å²) in [4.78, 5) is 15.9. The van der Waals surface area contributed by atoms with Crippen LogP contribution in [0.15, 0.2) is 35.1 Å². The first kappa shape index (κ1) is 12.6. The molecular weight excluding hydrogens is 280 g/mol. The topological polar surface area (TPSA) is 85.9 Å². The number of pyridine rings is 1. The van der Waals surface area contributed by atoms with Crippen molar-refractivity contribution in [3.05, 3.63) is 45.8 Å². The maximum absolute atomic E-state index is 12.0. The summed E-state index contributed by atoms with van der Waals surface area (Å²) in [6.45, 7) is 0. The molecule has 6 nitrogen and oxygen atoms in total. The van der Waals surface area contributed by atoms with Gasteiger partial charge >= 0.3 is 0 Å². The summed E-state index contributed by atoms with van der Waals surface area (Å²) < 4.78 is 6.78. The lowest BCUT2D eigenvalue weighted by Crippen LogP contribution is -2.05. The molecule has 0 saturated carbocycles. The average Bonchev–Trinajstić information content (AvgIpc) is 2.76. The Morgan fingerprint density at radius 3 is 2.95 bits per heavy atom. The number of fused-ring (bicyclic) bond motifs is 1. The van der Waals surface area contributed by atoms with Gasteiger partial charge in [0.1, 0.15) is 22.1 Å². The third-order valence-electron chi connectivity index (χ3n) is 2.99. The SMILES string of the molecule is COc1cccc(-n2[nH]c(=O)c3c(N)nc(Cl)cc32)c1. The molecule has 3 rings (SSSR count). The molecule has 0 radical (unpaired) electrons. The summed E-state index contributed by atoms with van der Waals surface area (Å²) in [6.07, 6.45) is 0. The number of hydrogen-bond acceptors (Lipinski definition) is 4. The molecule has 0 saturated heterocycles. The van der Waals surface area contributed by atoms with Crippen LogP contribution < -0.4 is 16.0 Å². The molecule has 0 aliphatic heterocycles. The van der Waals surface area contributed by atoms with Gasteiger partial charge in [-0.3, -0.25) is 14.6 Å².